The van der Waals surface area contributed by atoms with E-state index in [0.29, 0.717) is 10.9 Å². The van der Waals surface area contributed by atoms with Gasteiger partial charge in [-0.15, -0.1) is 0 Å². The smallest absolute Gasteiger partial charge is 0.300 e. The SMILES string of the molecule is CCOP(=O)(C(=O)c1c(C)cc(C)cc1C)c1ccccc1.Cc1cc(C)c(C(=O)P(c2ccccc2)c2ccccc2)c(C)c1. The van der Waals surface area contributed by atoms with Crippen LogP contribution in [0.2, 0.25) is 0 Å². The first kappa shape index (κ1) is 34.9. The molecule has 0 radical (unpaired) electrons. The predicted octanol–water partition coefficient (Wildman–Crippen LogP) is 9.28. The summed E-state index contributed by atoms with van der Waals surface area (Å²) in [6.07, 6.45) is 0. The highest BCUT2D eigenvalue weighted by Gasteiger charge is 2.37. The maximum Gasteiger partial charge on any atom is 0.300 e. The van der Waals surface area contributed by atoms with Gasteiger partial charge in [-0.25, -0.2) is 0 Å². The number of carbonyl (C=O) groups excluding carboxylic acids is 2. The second-order valence-electron chi connectivity index (χ2n) is 11.5. The zero-order valence-electron chi connectivity index (χ0n) is 27.7. The quantitative estimate of drug-likeness (QED) is 0.150. The van der Waals surface area contributed by atoms with Crippen LogP contribution in [0.15, 0.2) is 115 Å². The molecule has 46 heavy (non-hydrogen) atoms. The van der Waals surface area contributed by atoms with E-state index in [4.69, 9.17) is 4.52 Å². The third-order valence-corrected chi connectivity index (χ3v) is 12.3. The molecule has 0 bridgehead atoms. The molecule has 0 heterocycles. The molecule has 0 saturated carbocycles. The summed E-state index contributed by atoms with van der Waals surface area (Å²) in [6.45, 7) is 13.8. The van der Waals surface area contributed by atoms with E-state index in [1.165, 1.54) is 5.56 Å². The Morgan fingerprint density at radius 1 is 0.587 bits per heavy atom. The molecule has 4 nitrogen and oxygen atoms in total. The molecule has 5 aromatic carbocycles. The highest BCUT2D eigenvalue weighted by atomic mass is 31.2. The van der Waals surface area contributed by atoms with Crippen molar-refractivity contribution < 1.29 is 18.7 Å². The summed E-state index contributed by atoms with van der Waals surface area (Å²) in [5.74, 6) is 0. The van der Waals surface area contributed by atoms with Gasteiger partial charge in [0.2, 0.25) is 0 Å². The van der Waals surface area contributed by atoms with Crippen LogP contribution in [0.3, 0.4) is 0 Å². The largest absolute Gasteiger partial charge is 0.320 e. The van der Waals surface area contributed by atoms with E-state index in [1.54, 1.807) is 31.2 Å². The second kappa shape index (κ2) is 15.6. The van der Waals surface area contributed by atoms with Crippen molar-refractivity contribution >= 4 is 42.3 Å². The van der Waals surface area contributed by atoms with Crippen molar-refractivity contribution in [2.45, 2.75) is 48.5 Å². The van der Waals surface area contributed by atoms with Crippen molar-refractivity contribution in [1.82, 2.24) is 0 Å². The molecule has 1 unspecified atom stereocenters. The van der Waals surface area contributed by atoms with Gasteiger partial charge in [-0.05, 0) is 93.5 Å². The molecule has 0 amide bonds. The van der Waals surface area contributed by atoms with E-state index in [-0.39, 0.29) is 12.1 Å². The average molecular weight is 649 g/mol. The molecule has 0 aliphatic heterocycles. The number of aryl methyl sites for hydroxylation is 6. The topological polar surface area (TPSA) is 60.4 Å². The fraction of sp³-hybridized carbons (Fsp3) is 0.200. The molecule has 0 spiro atoms. The Morgan fingerprint density at radius 3 is 1.35 bits per heavy atom. The Kier molecular flexibility index (Phi) is 11.8. The van der Waals surface area contributed by atoms with E-state index >= 15 is 0 Å². The number of hydrogen-bond acceptors (Lipinski definition) is 4. The number of rotatable bonds is 9. The minimum Gasteiger partial charge on any atom is -0.320 e. The van der Waals surface area contributed by atoms with E-state index in [1.807, 2.05) is 89.2 Å². The molecule has 0 saturated heterocycles. The standard InChI is InChI=1S/C22H21OP.C18H21O3P/c1-16-14-17(2)21(18(3)15-16)22(23)24(19-10-6-4-7-11-19)20-12-8-5-9-13-20;1-5-21-22(20,16-9-7-6-8-10-16)18(19)17-14(3)11-13(2)12-15(17)4/h4-15H,1-3H3;6-12H,5H2,1-4H3. The lowest BCUT2D eigenvalue weighted by molar-refractivity contribution is 0.105. The summed E-state index contributed by atoms with van der Waals surface area (Å²) in [5.41, 5.74) is 7.27. The molecular weight excluding hydrogens is 606 g/mol. The van der Waals surface area contributed by atoms with Crippen molar-refractivity contribution in [3.8, 4) is 0 Å². The third kappa shape index (κ3) is 7.88. The van der Waals surface area contributed by atoms with E-state index in [2.05, 4.69) is 43.3 Å². The molecule has 6 heteroatoms. The van der Waals surface area contributed by atoms with Crippen LogP contribution in [-0.2, 0) is 9.09 Å². The summed E-state index contributed by atoms with van der Waals surface area (Å²) in [5, 5.41) is 2.65. The summed E-state index contributed by atoms with van der Waals surface area (Å²) < 4.78 is 18.8. The molecule has 0 aliphatic carbocycles. The highest BCUT2D eigenvalue weighted by Crippen LogP contribution is 2.50. The normalized spacial score (nSPS) is 12.2. The maximum atomic E-state index is 13.5. The molecule has 5 aromatic rings. The van der Waals surface area contributed by atoms with Gasteiger partial charge in [0.15, 0.2) is 5.52 Å². The lowest BCUT2D eigenvalue weighted by Crippen LogP contribution is -2.19. The van der Waals surface area contributed by atoms with E-state index < -0.39 is 20.8 Å². The van der Waals surface area contributed by atoms with Gasteiger partial charge in [-0.3, -0.25) is 14.2 Å². The van der Waals surface area contributed by atoms with Gasteiger partial charge < -0.3 is 4.52 Å². The minimum atomic E-state index is -3.59. The second-order valence-corrected chi connectivity index (χ2v) is 15.9. The van der Waals surface area contributed by atoms with Gasteiger partial charge >= 0.3 is 7.37 Å². The Morgan fingerprint density at radius 2 is 0.957 bits per heavy atom. The molecule has 5 rings (SSSR count). The van der Waals surface area contributed by atoms with Gasteiger partial charge in [0.05, 0.1) is 6.61 Å². The fourth-order valence-corrected chi connectivity index (χ4v) is 10.2. The van der Waals surface area contributed by atoms with Crippen LogP contribution in [0.25, 0.3) is 0 Å². The van der Waals surface area contributed by atoms with Crippen LogP contribution in [0.5, 0.6) is 0 Å². The number of hydrogen-bond donors (Lipinski definition) is 0. The van der Waals surface area contributed by atoms with Gasteiger partial charge in [0.1, 0.15) is 0 Å². The van der Waals surface area contributed by atoms with Gasteiger partial charge in [-0.2, -0.15) is 0 Å². The number of carbonyl (C=O) groups is 2. The Balaban J connectivity index is 0.000000210. The first-order valence-electron chi connectivity index (χ1n) is 15.4. The highest BCUT2D eigenvalue weighted by molar-refractivity contribution is 7.88. The van der Waals surface area contributed by atoms with Crippen molar-refractivity contribution in [2.75, 3.05) is 6.61 Å². The minimum absolute atomic E-state index is 0.224. The van der Waals surface area contributed by atoms with Crippen molar-refractivity contribution in [2.24, 2.45) is 0 Å². The van der Waals surface area contributed by atoms with Gasteiger partial charge in [0, 0.05) is 24.4 Å². The van der Waals surface area contributed by atoms with Crippen LogP contribution < -0.4 is 15.9 Å². The predicted molar refractivity (Wildman–Crippen MR) is 194 cm³/mol. The first-order valence-corrected chi connectivity index (χ1v) is 18.4. The van der Waals surface area contributed by atoms with Gasteiger partial charge in [-0.1, -0.05) is 114 Å². The summed E-state index contributed by atoms with van der Waals surface area (Å²) in [6, 6.07) is 37.1. The summed E-state index contributed by atoms with van der Waals surface area (Å²) in [4.78, 5) is 26.5. The Hall–Kier alpha value is -3.94. The monoisotopic (exact) mass is 648 g/mol. The molecule has 0 aliphatic rings. The van der Waals surface area contributed by atoms with Crippen LogP contribution >= 0.6 is 15.3 Å². The molecule has 0 aromatic heterocycles. The van der Waals surface area contributed by atoms with Gasteiger partial charge in [0.25, 0.3) is 5.52 Å². The van der Waals surface area contributed by atoms with E-state index in [0.717, 1.165) is 44.0 Å². The summed E-state index contributed by atoms with van der Waals surface area (Å²) in [7, 11) is -4.66. The van der Waals surface area contributed by atoms with Crippen LogP contribution in [0.4, 0.5) is 0 Å². The number of benzene rings is 5. The lowest BCUT2D eigenvalue weighted by atomic mass is 10.0. The van der Waals surface area contributed by atoms with E-state index in [9.17, 15) is 14.2 Å². The zero-order valence-corrected chi connectivity index (χ0v) is 29.5. The average Bonchev–Trinajstić information content (AvgIpc) is 3.02. The molecule has 0 fully saturated rings. The van der Waals surface area contributed by atoms with Crippen LogP contribution in [0, 0.1) is 41.5 Å². The molecular formula is C40H42O4P2. The fourth-order valence-electron chi connectivity index (χ4n) is 5.89. The van der Waals surface area contributed by atoms with Crippen LogP contribution in [-0.4, -0.2) is 17.7 Å². The lowest BCUT2D eigenvalue weighted by Gasteiger charge is -2.20. The van der Waals surface area contributed by atoms with Crippen molar-refractivity contribution in [1.29, 1.82) is 0 Å². The summed E-state index contributed by atoms with van der Waals surface area (Å²) >= 11 is 0. The molecule has 236 valence electrons. The molecule has 1 atom stereocenters. The maximum absolute atomic E-state index is 13.5. The van der Waals surface area contributed by atoms with Crippen LogP contribution in [0.1, 0.15) is 61.0 Å². The first-order chi connectivity index (χ1) is 22.0. The van der Waals surface area contributed by atoms with Crippen molar-refractivity contribution in [3.63, 3.8) is 0 Å². The molecule has 0 N–H and O–H groups in total. The Labute approximate surface area is 275 Å². The zero-order chi connectivity index (χ0) is 33.4. The van der Waals surface area contributed by atoms with Crippen molar-refractivity contribution in [3.05, 3.63) is 160 Å². The third-order valence-electron chi connectivity index (χ3n) is 7.69. The Bertz CT molecular complexity index is 1780.